The van der Waals surface area contributed by atoms with Crippen LogP contribution in [-0.2, 0) is 4.74 Å². The molecule has 0 fully saturated rings. The van der Waals surface area contributed by atoms with E-state index < -0.39 is 16.6 Å². The van der Waals surface area contributed by atoms with Gasteiger partial charge in [0.2, 0.25) is 0 Å². The molecular formula is C16H16ClN3O5. The molecule has 0 aliphatic rings. The van der Waals surface area contributed by atoms with Crippen LogP contribution in [0, 0.1) is 10.1 Å². The number of hydrogen-bond donors (Lipinski definition) is 1. The van der Waals surface area contributed by atoms with E-state index in [1.165, 1.54) is 24.4 Å². The zero-order chi connectivity index (χ0) is 18.6. The van der Waals surface area contributed by atoms with Crippen LogP contribution in [0.25, 0.3) is 11.3 Å². The number of halogens is 1. The van der Waals surface area contributed by atoms with E-state index >= 15 is 0 Å². The summed E-state index contributed by atoms with van der Waals surface area (Å²) in [6, 6.07) is 7.24. The highest BCUT2D eigenvalue weighted by Crippen LogP contribution is 2.32. The number of ether oxygens (including phenoxy) is 1. The number of nitrogens with zero attached hydrogens (tertiary/aromatic N) is 2. The van der Waals surface area contributed by atoms with Crippen molar-refractivity contribution in [2.45, 2.75) is 26.4 Å². The van der Waals surface area contributed by atoms with Gasteiger partial charge in [0, 0.05) is 17.7 Å². The third-order valence-electron chi connectivity index (χ3n) is 2.80. The van der Waals surface area contributed by atoms with Gasteiger partial charge >= 0.3 is 6.09 Å². The molecule has 0 unspecified atom stereocenters. The van der Waals surface area contributed by atoms with Crippen molar-refractivity contribution < 1.29 is 18.9 Å². The molecule has 0 radical (unpaired) electrons. The molecule has 0 saturated carbocycles. The summed E-state index contributed by atoms with van der Waals surface area (Å²) in [6.07, 6.45) is 0.579. The Balaban J connectivity index is 2.10. The molecule has 132 valence electrons. The summed E-state index contributed by atoms with van der Waals surface area (Å²) in [6.45, 7) is 5.20. The van der Waals surface area contributed by atoms with E-state index in [0.717, 1.165) is 0 Å². The molecule has 1 aromatic carbocycles. The first-order chi connectivity index (χ1) is 11.7. The van der Waals surface area contributed by atoms with E-state index in [1.807, 2.05) is 0 Å². The minimum absolute atomic E-state index is 0.0994. The molecule has 9 heteroatoms. The fourth-order valence-electron chi connectivity index (χ4n) is 1.83. The van der Waals surface area contributed by atoms with E-state index in [-0.39, 0.29) is 5.69 Å². The molecule has 0 spiro atoms. The van der Waals surface area contributed by atoms with Crippen LogP contribution in [0.15, 0.2) is 39.9 Å². The molecular weight excluding hydrogens is 350 g/mol. The van der Waals surface area contributed by atoms with Crippen molar-refractivity contribution in [2.24, 2.45) is 5.10 Å². The number of carbonyl (C=O) groups excluding carboxylic acids is 1. The molecule has 8 nitrogen and oxygen atoms in total. The number of nitrogens with one attached hydrogen (secondary N) is 1. The number of hydrazone groups is 1. The number of nitro benzene ring substituents is 1. The van der Waals surface area contributed by atoms with E-state index in [1.54, 1.807) is 32.9 Å². The Morgan fingerprint density at radius 3 is 2.72 bits per heavy atom. The van der Waals surface area contributed by atoms with Crippen molar-refractivity contribution in [2.75, 3.05) is 0 Å². The first kappa shape index (κ1) is 18.5. The van der Waals surface area contributed by atoms with Crippen molar-refractivity contribution >= 4 is 29.6 Å². The summed E-state index contributed by atoms with van der Waals surface area (Å²) in [7, 11) is 0. The zero-order valence-corrected chi connectivity index (χ0v) is 14.5. The zero-order valence-electron chi connectivity index (χ0n) is 13.8. The highest BCUT2D eigenvalue weighted by atomic mass is 35.5. The third-order valence-corrected chi connectivity index (χ3v) is 3.13. The normalized spacial score (nSPS) is 11.5. The maximum atomic E-state index is 11.5. The Kier molecular flexibility index (Phi) is 5.43. The maximum Gasteiger partial charge on any atom is 0.428 e. The predicted octanol–water partition coefficient (Wildman–Crippen LogP) is 4.37. The molecule has 0 bridgehead atoms. The molecule has 1 heterocycles. The lowest BCUT2D eigenvalue weighted by Gasteiger charge is -2.18. The van der Waals surface area contributed by atoms with Crippen molar-refractivity contribution in [3.8, 4) is 11.3 Å². The van der Waals surface area contributed by atoms with Gasteiger partial charge in [-0.1, -0.05) is 11.6 Å². The van der Waals surface area contributed by atoms with E-state index in [2.05, 4.69) is 10.5 Å². The lowest BCUT2D eigenvalue weighted by atomic mass is 10.1. The summed E-state index contributed by atoms with van der Waals surface area (Å²) in [5.74, 6) is 0.668. The average Bonchev–Trinajstić information content (AvgIpc) is 2.94. The molecule has 25 heavy (non-hydrogen) atoms. The number of furan rings is 1. The maximum absolute atomic E-state index is 11.5. The van der Waals surface area contributed by atoms with Crippen LogP contribution in [0.5, 0.6) is 0 Å². The van der Waals surface area contributed by atoms with Crippen LogP contribution in [-0.4, -0.2) is 22.8 Å². The lowest BCUT2D eigenvalue weighted by Crippen LogP contribution is -2.29. The highest BCUT2D eigenvalue weighted by molar-refractivity contribution is 6.33. The van der Waals surface area contributed by atoms with Gasteiger partial charge in [-0.25, -0.2) is 10.2 Å². The van der Waals surface area contributed by atoms with Gasteiger partial charge in [-0.05, 0) is 39.0 Å². The second-order valence-corrected chi connectivity index (χ2v) is 6.40. The number of amides is 1. The molecule has 0 atom stereocenters. The Morgan fingerprint density at radius 1 is 1.36 bits per heavy atom. The van der Waals surface area contributed by atoms with Gasteiger partial charge in [-0.15, -0.1) is 0 Å². The quantitative estimate of drug-likeness (QED) is 0.492. The van der Waals surface area contributed by atoms with Crippen LogP contribution in [0.4, 0.5) is 10.5 Å². The first-order valence-electron chi connectivity index (χ1n) is 7.22. The number of nitro groups is 1. The monoisotopic (exact) mass is 365 g/mol. The van der Waals surface area contributed by atoms with Crippen molar-refractivity contribution in [1.29, 1.82) is 0 Å². The van der Waals surface area contributed by atoms with Crippen LogP contribution in [0.1, 0.15) is 26.5 Å². The summed E-state index contributed by atoms with van der Waals surface area (Å²) in [5, 5.41) is 14.9. The standard InChI is InChI=1S/C16H16ClN3O5/c1-16(2,3)25-15(21)19-18-9-11-5-7-14(24-11)12-8-10(20(22)23)4-6-13(12)17/h4-9H,1-3H3,(H,19,21)/b18-9-. The summed E-state index contributed by atoms with van der Waals surface area (Å²) in [5.41, 5.74) is 1.86. The average molecular weight is 366 g/mol. The Bertz CT molecular complexity index is 823. The number of hydrogen-bond acceptors (Lipinski definition) is 6. The van der Waals surface area contributed by atoms with Crippen LogP contribution < -0.4 is 5.43 Å². The molecule has 0 aliphatic heterocycles. The van der Waals surface area contributed by atoms with E-state index in [0.29, 0.717) is 22.1 Å². The van der Waals surface area contributed by atoms with Crippen molar-refractivity contribution in [3.05, 3.63) is 51.2 Å². The molecule has 0 aliphatic carbocycles. The minimum atomic E-state index is -0.697. The van der Waals surface area contributed by atoms with Crippen molar-refractivity contribution in [3.63, 3.8) is 0 Å². The van der Waals surface area contributed by atoms with Gasteiger partial charge < -0.3 is 9.15 Å². The molecule has 1 aromatic heterocycles. The Hall–Kier alpha value is -2.87. The second-order valence-electron chi connectivity index (χ2n) is 6.00. The largest absolute Gasteiger partial charge is 0.455 e. The van der Waals surface area contributed by atoms with Gasteiger partial charge in [0.05, 0.1) is 16.2 Å². The van der Waals surface area contributed by atoms with Crippen molar-refractivity contribution in [1.82, 2.24) is 5.43 Å². The van der Waals surface area contributed by atoms with Gasteiger partial charge in [-0.3, -0.25) is 10.1 Å². The molecule has 2 aromatic rings. The lowest BCUT2D eigenvalue weighted by molar-refractivity contribution is -0.384. The minimum Gasteiger partial charge on any atom is -0.455 e. The van der Waals surface area contributed by atoms with Gasteiger partial charge in [0.25, 0.3) is 5.69 Å². The highest BCUT2D eigenvalue weighted by Gasteiger charge is 2.16. The fourth-order valence-corrected chi connectivity index (χ4v) is 2.04. The van der Waals surface area contributed by atoms with Crippen LogP contribution in [0.3, 0.4) is 0 Å². The van der Waals surface area contributed by atoms with Gasteiger partial charge in [0.15, 0.2) is 0 Å². The molecule has 1 amide bonds. The molecule has 2 rings (SSSR count). The topological polar surface area (TPSA) is 107 Å². The van der Waals surface area contributed by atoms with Crippen LogP contribution >= 0.6 is 11.6 Å². The van der Waals surface area contributed by atoms with E-state index in [4.69, 9.17) is 20.8 Å². The Labute approximate surface area is 148 Å². The third kappa shape index (κ3) is 5.32. The smallest absolute Gasteiger partial charge is 0.428 e. The molecule has 0 saturated heterocycles. The van der Waals surface area contributed by atoms with Gasteiger partial charge in [-0.2, -0.15) is 5.10 Å². The second kappa shape index (κ2) is 7.35. The number of benzene rings is 1. The molecule has 1 N–H and O–H groups in total. The van der Waals surface area contributed by atoms with Gasteiger partial charge in [0.1, 0.15) is 17.1 Å². The van der Waals surface area contributed by atoms with E-state index in [9.17, 15) is 14.9 Å². The number of carbonyl (C=O) groups is 1. The number of non-ortho nitro benzene ring substituents is 1. The summed E-state index contributed by atoms with van der Waals surface area (Å²) < 4.78 is 10.5. The summed E-state index contributed by atoms with van der Waals surface area (Å²) in [4.78, 5) is 21.8. The number of rotatable bonds is 4. The predicted molar refractivity (Wildman–Crippen MR) is 92.8 cm³/mol. The van der Waals surface area contributed by atoms with Crippen LogP contribution in [0.2, 0.25) is 5.02 Å². The Morgan fingerprint density at radius 2 is 2.08 bits per heavy atom. The summed E-state index contributed by atoms with van der Waals surface area (Å²) >= 11 is 6.06. The fraction of sp³-hybridized carbons (Fsp3) is 0.250. The SMILES string of the molecule is CC(C)(C)OC(=O)N/N=C\c1ccc(-c2cc([N+](=O)[O-])ccc2Cl)o1. The first-order valence-corrected chi connectivity index (χ1v) is 7.60.